The Morgan fingerprint density at radius 3 is 2.57 bits per heavy atom. The molecule has 158 valence electrons. The van der Waals surface area contributed by atoms with E-state index in [1.807, 2.05) is 0 Å². The second-order valence-corrected chi connectivity index (χ2v) is 7.78. The summed E-state index contributed by atoms with van der Waals surface area (Å²) in [5, 5.41) is 1.77. The maximum Gasteiger partial charge on any atom is 0.412 e. The van der Waals surface area contributed by atoms with Gasteiger partial charge in [-0.05, 0) is 45.0 Å². The molecule has 7 nitrogen and oxygen atoms in total. The molecular weight excluding hydrogens is 420 g/mol. The van der Waals surface area contributed by atoms with Crippen LogP contribution in [-0.2, 0) is 11.8 Å². The molecule has 0 aliphatic rings. The van der Waals surface area contributed by atoms with Crippen molar-refractivity contribution in [3.63, 3.8) is 0 Å². The summed E-state index contributed by atoms with van der Waals surface area (Å²) in [6.45, 7) is 5.03. The number of hydrogen-bond acceptors (Lipinski definition) is 5. The zero-order valence-electron chi connectivity index (χ0n) is 16.5. The van der Waals surface area contributed by atoms with Crippen molar-refractivity contribution in [3.05, 3.63) is 57.6 Å². The van der Waals surface area contributed by atoms with Gasteiger partial charge in [0.1, 0.15) is 16.0 Å². The van der Waals surface area contributed by atoms with Crippen LogP contribution in [0.2, 0.25) is 5.02 Å². The molecule has 2 aromatic carbocycles. The first kappa shape index (κ1) is 21.5. The third kappa shape index (κ3) is 4.35. The van der Waals surface area contributed by atoms with Crippen molar-refractivity contribution in [3.8, 4) is 11.5 Å². The Morgan fingerprint density at radius 1 is 1.20 bits per heavy atom. The average molecular weight is 438 g/mol. The van der Waals surface area contributed by atoms with Gasteiger partial charge in [0.2, 0.25) is 0 Å². The van der Waals surface area contributed by atoms with Crippen LogP contribution in [-0.4, -0.2) is 21.2 Å². The zero-order chi connectivity index (χ0) is 22.2. The number of rotatable bonds is 3. The number of amides is 1. The van der Waals surface area contributed by atoms with E-state index < -0.39 is 40.4 Å². The minimum absolute atomic E-state index is 0.00101. The molecule has 1 N–H and O–H groups in total. The third-order valence-electron chi connectivity index (χ3n) is 3.89. The van der Waals surface area contributed by atoms with E-state index in [1.165, 1.54) is 31.6 Å². The molecule has 0 aliphatic carbocycles. The minimum Gasteiger partial charge on any atom is -0.450 e. The number of halogens is 3. The van der Waals surface area contributed by atoms with Crippen LogP contribution in [0, 0.1) is 11.6 Å². The summed E-state index contributed by atoms with van der Waals surface area (Å²) in [4.78, 5) is 28.2. The topological polar surface area (TPSA) is 82.4 Å². The van der Waals surface area contributed by atoms with Crippen molar-refractivity contribution < 1.29 is 23.0 Å². The lowest BCUT2D eigenvalue weighted by Gasteiger charge is -2.20. The maximum atomic E-state index is 14.9. The van der Waals surface area contributed by atoms with Crippen molar-refractivity contribution in [1.29, 1.82) is 0 Å². The molecule has 0 radical (unpaired) electrons. The molecule has 30 heavy (non-hydrogen) atoms. The number of hydrogen-bond donors (Lipinski definition) is 1. The SMILES string of the molecule is Cn1cnc2ccc(Oc3c(F)ccc(NC(=O)OC(C)(C)C)c3Cl)c(F)c2c1=O. The summed E-state index contributed by atoms with van der Waals surface area (Å²) in [5.74, 6) is -2.86. The third-order valence-corrected chi connectivity index (χ3v) is 4.26. The number of fused-ring (bicyclic) bond motifs is 1. The number of benzene rings is 2. The van der Waals surface area contributed by atoms with Crippen LogP contribution in [0.1, 0.15) is 20.8 Å². The highest BCUT2D eigenvalue weighted by Gasteiger charge is 2.22. The quantitative estimate of drug-likeness (QED) is 0.623. The first-order chi connectivity index (χ1) is 14.0. The van der Waals surface area contributed by atoms with Crippen LogP contribution in [0.4, 0.5) is 19.3 Å². The number of aryl methyl sites for hydroxylation is 1. The van der Waals surface area contributed by atoms with E-state index in [2.05, 4.69) is 10.3 Å². The molecule has 0 unspecified atom stereocenters. The van der Waals surface area contributed by atoms with E-state index in [0.717, 1.165) is 10.6 Å². The molecule has 0 saturated carbocycles. The first-order valence-electron chi connectivity index (χ1n) is 8.77. The normalized spacial score (nSPS) is 11.4. The molecule has 3 aromatic rings. The van der Waals surface area contributed by atoms with Gasteiger partial charge >= 0.3 is 6.09 Å². The van der Waals surface area contributed by atoms with Crippen LogP contribution in [0.3, 0.4) is 0 Å². The highest BCUT2D eigenvalue weighted by molar-refractivity contribution is 6.35. The standard InChI is InChI=1S/C20H18ClF2N3O4/c1-20(2,3)30-19(28)25-12-6-5-10(22)17(15(12)21)29-13-8-7-11-14(16(13)23)18(27)26(4)9-24-11/h5-9H,1-4H3,(H,25,28). The summed E-state index contributed by atoms with van der Waals surface area (Å²) in [6, 6.07) is 4.77. The number of ether oxygens (including phenoxy) is 2. The van der Waals surface area contributed by atoms with Crippen molar-refractivity contribution >= 4 is 34.3 Å². The molecule has 1 amide bonds. The summed E-state index contributed by atoms with van der Waals surface area (Å²) >= 11 is 6.17. The molecular formula is C20H18ClF2N3O4. The van der Waals surface area contributed by atoms with Gasteiger partial charge in [0.25, 0.3) is 5.56 Å². The highest BCUT2D eigenvalue weighted by Crippen LogP contribution is 2.39. The lowest BCUT2D eigenvalue weighted by atomic mass is 10.2. The number of carbonyl (C=O) groups excluding carboxylic acids is 1. The summed E-state index contributed by atoms with van der Waals surface area (Å²) < 4.78 is 40.9. The lowest BCUT2D eigenvalue weighted by Crippen LogP contribution is -2.27. The van der Waals surface area contributed by atoms with Gasteiger partial charge in [0.15, 0.2) is 23.1 Å². The molecule has 0 fully saturated rings. The van der Waals surface area contributed by atoms with Crippen molar-refractivity contribution in [2.75, 3.05) is 5.32 Å². The predicted octanol–water partition coefficient (Wildman–Crippen LogP) is 5.00. The Balaban J connectivity index is 1.99. The second-order valence-electron chi connectivity index (χ2n) is 7.40. The molecule has 0 bridgehead atoms. The second kappa shape index (κ2) is 7.91. The Hall–Kier alpha value is -3.20. The monoisotopic (exact) mass is 437 g/mol. The lowest BCUT2D eigenvalue weighted by molar-refractivity contribution is 0.0636. The highest BCUT2D eigenvalue weighted by atomic mass is 35.5. The van der Waals surface area contributed by atoms with Crippen molar-refractivity contribution in [2.45, 2.75) is 26.4 Å². The summed E-state index contributed by atoms with van der Waals surface area (Å²) in [6.07, 6.45) is 0.445. The van der Waals surface area contributed by atoms with Gasteiger partial charge in [0, 0.05) is 7.05 Å². The first-order valence-corrected chi connectivity index (χ1v) is 9.15. The number of nitrogens with zero attached hydrogens (tertiary/aromatic N) is 2. The number of nitrogens with one attached hydrogen (secondary N) is 1. The van der Waals surface area contributed by atoms with E-state index >= 15 is 0 Å². The number of carbonyl (C=O) groups is 1. The molecule has 0 aliphatic heterocycles. The molecule has 0 saturated heterocycles. The zero-order valence-corrected chi connectivity index (χ0v) is 17.3. The maximum absolute atomic E-state index is 14.9. The number of aromatic nitrogens is 2. The van der Waals surface area contributed by atoms with Gasteiger partial charge in [-0.15, -0.1) is 0 Å². The minimum atomic E-state index is -1.01. The molecule has 10 heteroatoms. The average Bonchev–Trinajstić information content (AvgIpc) is 2.64. The van der Waals surface area contributed by atoms with E-state index in [4.69, 9.17) is 21.1 Å². The fraction of sp³-hybridized carbons (Fsp3) is 0.250. The molecule has 1 heterocycles. The van der Waals surface area contributed by atoms with Crippen molar-refractivity contribution in [2.24, 2.45) is 7.05 Å². The summed E-state index contributed by atoms with van der Waals surface area (Å²) in [7, 11) is 1.42. The molecule has 0 spiro atoms. The fourth-order valence-corrected chi connectivity index (χ4v) is 2.80. The van der Waals surface area contributed by atoms with E-state index in [9.17, 15) is 18.4 Å². The van der Waals surface area contributed by atoms with E-state index in [-0.39, 0.29) is 21.6 Å². The van der Waals surface area contributed by atoms with Crippen molar-refractivity contribution in [1.82, 2.24) is 9.55 Å². The Labute approximate surface area is 175 Å². The van der Waals surface area contributed by atoms with Gasteiger partial charge in [-0.25, -0.2) is 18.6 Å². The van der Waals surface area contributed by atoms with Gasteiger partial charge < -0.3 is 14.0 Å². The van der Waals surface area contributed by atoms with Crippen LogP contribution in [0.15, 0.2) is 35.4 Å². The smallest absolute Gasteiger partial charge is 0.412 e. The van der Waals surface area contributed by atoms with Crippen LogP contribution >= 0.6 is 11.6 Å². The summed E-state index contributed by atoms with van der Waals surface area (Å²) in [5.41, 5.74) is -1.27. The van der Waals surface area contributed by atoms with Gasteiger partial charge in [-0.1, -0.05) is 11.6 Å². The predicted molar refractivity (Wildman–Crippen MR) is 108 cm³/mol. The number of anilines is 1. The largest absolute Gasteiger partial charge is 0.450 e. The molecule has 0 atom stereocenters. The Kier molecular flexibility index (Phi) is 5.67. The fourth-order valence-electron chi connectivity index (χ4n) is 2.56. The van der Waals surface area contributed by atoms with Gasteiger partial charge in [-0.2, -0.15) is 0 Å². The molecule has 3 rings (SSSR count). The van der Waals surface area contributed by atoms with Gasteiger partial charge in [-0.3, -0.25) is 10.1 Å². The van der Waals surface area contributed by atoms with E-state index in [0.29, 0.717) is 0 Å². The Bertz CT molecular complexity index is 1210. The van der Waals surface area contributed by atoms with E-state index in [1.54, 1.807) is 20.8 Å². The van der Waals surface area contributed by atoms with Crippen LogP contribution in [0.5, 0.6) is 11.5 Å². The molecule has 1 aromatic heterocycles. The van der Waals surface area contributed by atoms with Crippen LogP contribution in [0.25, 0.3) is 10.9 Å². The van der Waals surface area contributed by atoms with Gasteiger partial charge in [0.05, 0.1) is 17.5 Å². The van der Waals surface area contributed by atoms with Crippen LogP contribution < -0.4 is 15.6 Å². The Morgan fingerprint density at radius 2 is 1.90 bits per heavy atom.